The van der Waals surface area contributed by atoms with Gasteiger partial charge in [-0.1, -0.05) is 6.07 Å². The molecule has 0 fully saturated rings. The zero-order chi connectivity index (χ0) is 9.84. The van der Waals surface area contributed by atoms with Crippen molar-refractivity contribution in [2.24, 2.45) is 0 Å². The number of benzene rings is 1. The van der Waals surface area contributed by atoms with E-state index in [-0.39, 0.29) is 5.88 Å². The molecule has 4 heteroatoms. The smallest absolute Gasteiger partial charge is 0.159 e. The molecule has 1 nitrogen and oxygen atoms in total. The van der Waals surface area contributed by atoms with Crippen LogP contribution in [0.15, 0.2) is 18.2 Å². The quantitative estimate of drug-likeness (QED) is 0.754. The molecule has 0 saturated heterocycles. The first-order chi connectivity index (χ1) is 6.15. The van der Waals surface area contributed by atoms with Gasteiger partial charge in [0, 0.05) is 5.88 Å². The van der Waals surface area contributed by atoms with Crippen molar-refractivity contribution in [1.82, 2.24) is 0 Å². The van der Waals surface area contributed by atoms with Crippen molar-refractivity contribution in [3.8, 4) is 0 Å². The summed E-state index contributed by atoms with van der Waals surface area (Å²) in [6.07, 6.45) is -0.500. The van der Waals surface area contributed by atoms with E-state index in [4.69, 9.17) is 11.6 Å². The van der Waals surface area contributed by atoms with E-state index in [2.05, 4.69) is 0 Å². The summed E-state index contributed by atoms with van der Waals surface area (Å²) in [5, 5.41) is 9.36. The molecule has 0 heterocycles. The number of hydrogen-bond donors (Lipinski definition) is 1. The van der Waals surface area contributed by atoms with Crippen molar-refractivity contribution in [3.05, 3.63) is 35.4 Å². The number of alkyl halides is 1. The standard InChI is InChI=1S/C9H9ClF2O/c10-4-3-9(13)6-1-2-7(11)8(12)5-6/h1-2,5,9,13H,3-4H2/t9-/m0/s1. The Morgan fingerprint density at radius 1 is 1.31 bits per heavy atom. The topological polar surface area (TPSA) is 20.2 Å². The summed E-state index contributed by atoms with van der Waals surface area (Å²) >= 11 is 5.39. The first-order valence-electron chi connectivity index (χ1n) is 3.84. The molecule has 1 aromatic rings. The highest BCUT2D eigenvalue weighted by molar-refractivity contribution is 6.17. The van der Waals surface area contributed by atoms with E-state index in [1.54, 1.807) is 0 Å². The fraction of sp³-hybridized carbons (Fsp3) is 0.333. The Bertz CT molecular complexity index is 291. The summed E-state index contributed by atoms with van der Waals surface area (Å²) in [4.78, 5) is 0. The van der Waals surface area contributed by atoms with Gasteiger partial charge < -0.3 is 5.11 Å². The molecule has 0 bridgehead atoms. The van der Waals surface area contributed by atoms with Gasteiger partial charge in [0.25, 0.3) is 0 Å². The van der Waals surface area contributed by atoms with Crippen LogP contribution in [0, 0.1) is 11.6 Å². The van der Waals surface area contributed by atoms with Crippen molar-refractivity contribution in [1.29, 1.82) is 0 Å². The fourth-order valence-corrected chi connectivity index (χ4v) is 1.20. The maximum Gasteiger partial charge on any atom is 0.159 e. The van der Waals surface area contributed by atoms with E-state index in [0.717, 1.165) is 12.1 Å². The summed E-state index contributed by atoms with van der Waals surface area (Å²) in [5.41, 5.74) is 0.347. The highest BCUT2D eigenvalue weighted by Crippen LogP contribution is 2.19. The average Bonchev–Trinajstić information content (AvgIpc) is 2.10. The third kappa shape index (κ3) is 2.64. The minimum Gasteiger partial charge on any atom is -0.388 e. The molecule has 1 rings (SSSR count). The molecule has 0 aliphatic rings. The van der Waals surface area contributed by atoms with Gasteiger partial charge in [0.05, 0.1) is 6.10 Å². The van der Waals surface area contributed by atoms with Gasteiger partial charge in [-0.3, -0.25) is 0 Å². The molecule has 0 aromatic heterocycles. The van der Waals surface area contributed by atoms with Gasteiger partial charge >= 0.3 is 0 Å². The van der Waals surface area contributed by atoms with E-state index in [1.165, 1.54) is 6.07 Å². The van der Waals surface area contributed by atoms with Crippen LogP contribution in [0.1, 0.15) is 18.1 Å². The predicted molar refractivity (Wildman–Crippen MR) is 46.7 cm³/mol. The lowest BCUT2D eigenvalue weighted by Crippen LogP contribution is -1.99. The van der Waals surface area contributed by atoms with Gasteiger partial charge in [-0.15, -0.1) is 11.6 Å². The predicted octanol–water partition coefficient (Wildman–Crippen LogP) is 2.63. The zero-order valence-electron chi connectivity index (χ0n) is 6.80. The van der Waals surface area contributed by atoms with Crippen LogP contribution in [0.5, 0.6) is 0 Å². The lowest BCUT2D eigenvalue weighted by atomic mass is 10.1. The second kappa shape index (κ2) is 4.53. The van der Waals surface area contributed by atoms with E-state index < -0.39 is 17.7 Å². The Labute approximate surface area is 80.0 Å². The van der Waals surface area contributed by atoms with Crippen LogP contribution in [0.3, 0.4) is 0 Å². The summed E-state index contributed by atoms with van der Waals surface area (Å²) in [7, 11) is 0. The molecule has 13 heavy (non-hydrogen) atoms. The van der Waals surface area contributed by atoms with Crippen molar-refractivity contribution in [2.45, 2.75) is 12.5 Å². The minimum absolute atomic E-state index is 0.278. The molecule has 72 valence electrons. The molecule has 1 atom stereocenters. The Hall–Kier alpha value is -0.670. The van der Waals surface area contributed by atoms with Crippen molar-refractivity contribution >= 4 is 11.6 Å². The molecular formula is C9H9ClF2O. The third-order valence-corrected chi connectivity index (χ3v) is 1.93. The Morgan fingerprint density at radius 2 is 2.00 bits per heavy atom. The summed E-state index contributed by atoms with van der Waals surface area (Å²) < 4.78 is 25.1. The normalized spacial score (nSPS) is 12.9. The second-order valence-electron chi connectivity index (χ2n) is 2.67. The monoisotopic (exact) mass is 206 g/mol. The SMILES string of the molecule is O[C@@H](CCCl)c1ccc(F)c(F)c1. The molecule has 0 amide bonds. The first kappa shape index (κ1) is 10.4. The van der Waals surface area contributed by atoms with Gasteiger partial charge in [0.15, 0.2) is 11.6 Å². The van der Waals surface area contributed by atoms with E-state index in [0.29, 0.717) is 12.0 Å². The first-order valence-corrected chi connectivity index (χ1v) is 4.37. The van der Waals surface area contributed by atoms with Crippen molar-refractivity contribution in [2.75, 3.05) is 5.88 Å². The van der Waals surface area contributed by atoms with Crippen LogP contribution in [0.25, 0.3) is 0 Å². The second-order valence-corrected chi connectivity index (χ2v) is 3.04. The average molecular weight is 207 g/mol. The highest BCUT2D eigenvalue weighted by Gasteiger charge is 2.09. The zero-order valence-corrected chi connectivity index (χ0v) is 7.56. The number of halogens is 3. The van der Waals surface area contributed by atoms with Crippen LogP contribution >= 0.6 is 11.6 Å². The van der Waals surface area contributed by atoms with Crippen molar-refractivity contribution < 1.29 is 13.9 Å². The molecule has 1 N–H and O–H groups in total. The third-order valence-electron chi connectivity index (χ3n) is 1.71. The van der Waals surface area contributed by atoms with Crippen LogP contribution in [0.2, 0.25) is 0 Å². The number of hydrogen-bond acceptors (Lipinski definition) is 1. The molecule has 0 unspecified atom stereocenters. The maximum atomic E-state index is 12.7. The largest absolute Gasteiger partial charge is 0.388 e. The van der Waals surface area contributed by atoms with Gasteiger partial charge in [0.2, 0.25) is 0 Å². The number of aliphatic hydroxyl groups is 1. The van der Waals surface area contributed by atoms with Crippen LogP contribution in [0.4, 0.5) is 8.78 Å². The van der Waals surface area contributed by atoms with Crippen LogP contribution in [-0.2, 0) is 0 Å². The van der Waals surface area contributed by atoms with E-state index >= 15 is 0 Å². The Kier molecular flexibility index (Phi) is 3.63. The molecule has 0 saturated carbocycles. The van der Waals surface area contributed by atoms with Gasteiger partial charge in [-0.2, -0.15) is 0 Å². The summed E-state index contributed by atoms with van der Waals surface area (Å²) in [5.74, 6) is -1.59. The molecule has 1 aromatic carbocycles. The fourth-order valence-electron chi connectivity index (χ4n) is 0.990. The minimum atomic E-state index is -0.953. The molecule has 0 aliphatic heterocycles. The number of aliphatic hydroxyl groups excluding tert-OH is 1. The van der Waals surface area contributed by atoms with Gasteiger partial charge in [-0.05, 0) is 24.1 Å². The number of rotatable bonds is 3. The van der Waals surface area contributed by atoms with Crippen LogP contribution < -0.4 is 0 Å². The Morgan fingerprint density at radius 3 is 2.54 bits per heavy atom. The summed E-state index contributed by atoms with van der Waals surface area (Å²) in [6.45, 7) is 0. The summed E-state index contributed by atoms with van der Waals surface area (Å²) in [6, 6.07) is 3.31. The lowest BCUT2D eigenvalue weighted by Gasteiger charge is -2.08. The molecule has 0 radical (unpaired) electrons. The Balaban J connectivity index is 2.84. The van der Waals surface area contributed by atoms with Crippen LogP contribution in [-0.4, -0.2) is 11.0 Å². The molecule has 0 aliphatic carbocycles. The lowest BCUT2D eigenvalue weighted by molar-refractivity contribution is 0.174. The highest BCUT2D eigenvalue weighted by atomic mass is 35.5. The maximum absolute atomic E-state index is 12.7. The molecular weight excluding hydrogens is 198 g/mol. The van der Waals surface area contributed by atoms with Crippen molar-refractivity contribution in [3.63, 3.8) is 0 Å². The van der Waals surface area contributed by atoms with Gasteiger partial charge in [0.1, 0.15) is 0 Å². The molecule has 0 spiro atoms. The van der Waals surface area contributed by atoms with E-state index in [1.807, 2.05) is 0 Å². The van der Waals surface area contributed by atoms with Gasteiger partial charge in [-0.25, -0.2) is 8.78 Å². The van der Waals surface area contributed by atoms with E-state index in [9.17, 15) is 13.9 Å².